The van der Waals surface area contributed by atoms with Crippen LogP contribution in [0.25, 0.3) is 0 Å². The van der Waals surface area contributed by atoms with Gasteiger partial charge in [-0.15, -0.1) is 0 Å². The number of carbonyl (C=O) groups excluding carboxylic acids is 1. The highest BCUT2D eigenvalue weighted by atomic mass is 19.3. The van der Waals surface area contributed by atoms with E-state index in [9.17, 15) is 26.7 Å². The first-order chi connectivity index (χ1) is 4.75. The highest BCUT2D eigenvalue weighted by Crippen LogP contribution is 2.36. The normalized spacial score (nSPS) is 16.2. The minimum absolute atomic E-state index is 0.210. The van der Waals surface area contributed by atoms with E-state index in [2.05, 4.69) is 0 Å². The fraction of sp³-hybridized carbons (Fsp3) is 0.800. The molecule has 0 rings (SSSR count). The fourth-order valence-corrected chi connectivity index (χ4v) is 0.318. The van der Waals surface area contributed by atoms with Crippen LogP contribution < -0.4 is 0 Å². The summed E-state index contributed by atoms with van der Waals surface area (Å²) in [7, 11) is 0. The molecular weight excluding hydrogens is 171 g/mol. The van der Waals surface area contributed by atoms with Crippen molar-refractivity contribution in [2.45, 2.75) is 24.9 Å². The molecule has 1 radical (unpaired) electrons. The van der Waals surface area contributed by atoms with Gasteiger partial charge >= 0.3 is 11.8 Å². The van der Waals surface area contributed by atoms with Gasteiger partial charge in [0.15, 0.2) is 6.17 Å². The van der Waals surface area contributed by atoms with E-state index in [-0.39, 0.29) is 13.2 Å². The molecule has 1 nitrogen and oxygen atoms in total. The van der Waals surface area contributed by atoms with Gasteiger partial charge in [-0.25, -0.2) is 4.39 Å². The molecule has 0 aromatic carbocycles. The second kappa shape index (κ2) is 2.75. The Bertz CT molecular complexity index is 153. The van der Waals surface area contributed by atoms with Crippen molar-refractivity contribution in [3.05, 3.63) is 0 Å². The van der Waals surface area contributed by atoms with Gasteiger partial charge in [-0.3, -0.25) is 4.79 Å². The largest absolute Gasteiger partial charge is 0.377 e. The minimum atomic E-state index is -5.05. The summed E-state index contributed by atoms with van der Waals surface area (Å²) in [6.07, 6.45) is -3.29. The maximum atomic E-state index is 11.9. The smallest absolute Gasteiger partial charge is 0.283 e. The Morgan fingerprint density at radius 1 is 1.27 bits per heavy atom. The summed E-state index contributed by atoms with van der Waals surface area (Å²) in [6.45, 7) is 0.241. The number of rotatable bonds is 3. The predicted octanol–water partition coefficient (Wildman–Crippen LogP) is 1.72. The quantitative estimate of drug-likeness (QED) is 0.597. The van der Waals surface area contributed by atoms with E-state index in [1.807, 2.05) is 0 Å². The van der Waals surface area contributed by atoms with Crippen LogP contribution in [0.5, 0.6) is 0 Å². The van der Waals surface area contributed by atoms with Crippen LogP contribution in [-0.4, -0.2) is 24.3 Å². The van der Waals surface area contributed by atoms with Crippen LogP contribution in [0.2, 0.25) is 0 Å². The summed E-state index contributed by atoms with van der Waals surface area (Å²) in [4.78, 5) is 9.26. The van der Waals surface area contributed by atoms with Crippen LogP contribution in [0.1, 0.15) is 6.92 Å². The van der Waals surface area contributed by atoms with Crippen molar-refractivity contribution in [3.8, 4) is 0 Å². The fourth-order valence-electron chi connectivity index (χ4n) is 0.318. The van der Waals surface area contributed by atoms with Crippen molar-refractivity contribution in [1.29, 1.82) is 0 Å². The zero-order valence-corrected chi connectivity index (χ0v) is 5.38. The SMILES string of the molecule is CC(F)C(F)(F)C(F)(F)[C]=O. The Hall–Kier alpha value is -0.680. The number of halogens is 5. The Labute approximate surface area is 59.2 Å². The zero-order chi connectivity index (χ0) is 9.28. The van der Waals surface area contributed by atoms with E-state index in [4.69, 9.17) is 0 Å². The van der Waals surface area contributed by atoms with Gasteiger partial charge in [0.2, 0.25) is 0 Å². The van der Waals surface area contributed by atoms with Gasteiger partial charge in [0.25, 0.3) is 6.29 Å². The molecule has 0 aromatic heterocycles. The maximum Gasteiger partial charge on any atom is 0.377 e. The summed E-state index contributed by atoms with van der Waals surface area (Å²) in [5, 5.41) is 0. The second-order valence-electron chi connectivity index (χ2n) is 1.92. The molecule has 65 valence electrons. The molecule has 0 N–H and O–H groups in total. The molecule has 0 saturated carbocycles. The van der Waals surface area contributed by atoms with Gasteiger partial charge in [-0.1, -0.05) is 0 Å². The van der Waals surface area contributed by atoms with Crippen LogP contribution in [0, 0.1) is 0 Å². The number of alkyl halides is 5. The summed E-state index contributed by atoms with van der Waals surface area (Å²) < 4.78 is 59.2. The van der Waals surface area contributed by atoms with Gasteiger partial charge in [0.1, 0.15) is 0 Å². The van der Waals surface area contributed by atoms with E-state index in [0.29, 0.717) is 0 Å². The average Bonchev–Trinajstić information content (AvgIpc) is 1.87. The van der Waals surface area contributed by atoms with E-state index in [0.717, 1.165) is 0 Å². The number of hydrogen-bond acceptors (Lipinski definition) is 1. The van der Waals surface area contributed by atoms with Crippen molar-refractivity contribution in [1.82, 2.24) is 0 Å². The van der Waals surface area contributed by atoms with Crippen molar-refractivity contribution in [2.75, 3.05) is 0 Å². The highest BCUT2D eigenvalue weighted by molar-refractivity contribution is 5.62. The molecule has 1 unspecified atom stereocenters. The van der Waals surface area contributed by atoms with Crippen LogP contribution in [0.3, 0.4) is 0 Å². The molecule has 0 amide bonds. The first kappa shape index (κ1) is 10.3. The summed E-state index contributed by atoms with van der Waals surface area (Å²) in [6, 6.07) is 0. The molecule has 0 fully saturated rings. The highest BCUT2D eigenvalue weighted by Gasteiger charge is 2.61. The van der Waals surface area contributed by atoms with Gasteiger partial charge in [0.05, 0.1) is 0 Å². The molecule has 0 heterocycles. The second-order valence-corrected chi connectivity index (χ2v) is 1.92. The topological polar surface area (TPSA) is 17.1 Å². The molecule has 0 aromatic rings. The first-order valence-corrected chi connectivity index (χ1v) is 2.54. The van der Waals surface area contributed by atoms with Crippen molar-refractivity contribution >= 4 is 6.29 Å². The Kier molecular flexibility index (Phi) is 2.58. The van der Waals surface area contributed by atoms with Crippen molar-refractivity contribution < 1.29 is 26.7 Å². The van der Waals surface area contributed by atoms with Crippen LogP contribution >= 0.6 is 0 Å². The van der Waals surface area contributed by atoms with E-state index in [1.54, 1.807) is 0 Å². The monoisotopic (exact) mass is 175 g/mol. The van der Waals surface area contributed by atoms with Crippen LogP contribution in [-0.2, 0) is 4.79 Å². The third kappa shape index (κ3) is 1.66. The maximum absolute atomic E-state index is 11.9. The summed E-state index contributed by atoms with van der Waals surface area (Å²) >= 11 is 0. The molecule has 0 aliphatic carbocycles. The van der Waals surface area contributed by atoms with Gasteiger partial charge < -0.3 is 0 Å². The van der Waals surface area contributed by atoms with E-state index >= 15 is 0 Å². The minimum Gasteiger partial charge on any atom is -0.283 e. The Morgan fingerprint density at radius 3 is 1.73 bits per heavy atom. The first-order valence-electron chi connectivity index (χ1n) is 2.54. The third-order valence-corrected chi connectivity index (χ3v) is 1.05. The Balaban J connectivity index is 4.66. The lowest BCUT2D eigenvalue weighted by atomic mass is 10.1. The van der Waals surface area contributed by atoms with Gasteiger partial charge in [0, 0.05) is 0 Å². The molecule has 11 heavy (non-hydrogen) atoms. The molecular formula is C5H4F5O. The third-order valence-electron chi connectivity index (χ3n) is 1.05. The van der Waals surface area contributed by atoms with Gasteiger partial charge in [-0.2, -0.15) is 17.6 Å². The van der Waals surface area contributed by atoms with Gasteiger partial charge in [-0.05, 0) is 6.92 Å². The standard InChI is InChI=1S/C5H4F5O/c1-3(6)5(9,10)4(7,8)2-11/h3H,1H3. The lowest BCUT2D eigenvalue weighted by Gasteiger charge is -2.21. The van der Waals surface area contributed by atoms with E-state index < -0.39 is 18.0 Å². The molecule has 6 heteroatoms. The van der Waals surface area contributed by atoms with Crippen molar-refractivity contribution in [3.63, 3.8) is 0 Å². The molecule has 0 spiro atoms. The van der Waals surface area contributed by atoms with Crippen molar-refractivity contribution in [2.24, 2.45) is 0 Å². The lowest BCUT2D eigenvalue weighted by Crippen LogP contribution is -2.47. The van der Waals surface area contributed by atoms with E-state index in [1.165, 1.54) is 0 Å². The molecule has 0 aliphatic heterocycles. The lowest BCUT2D eigenvalue weighted by molar-refractivity contribution is -0.198. The molecule has 0 saturated heterocycles. The summed E-state index contributed by atoms with van der Waals surface area (Å²) in [5.41, 5.74) is 0. The number of hydrogen-bond donors (Lipinski definition) is 0. The summed E-state index contributed by atoms with van der Waals surface area (Å²) in [5.74, 6) is -10.0. The van der Waals surface area contributed by atoms with Crippen LogP contribution in [0.15, 0.2) is 0 Å². The Morgan fingerprint density at radius 2 is 1.64 bits per heavy atom. The zero-order valence-electron chi connectivity index (χ0n) is 5.38. The molecule has 1 atom stereocenters. The molecule has 0 bridgehead atoms. The predicted molar refractivity (Wildman–Crippen MR) is 26.2 cm³/mol. The van der Waals surface area contributed by atoms with Crippen LogP contribution in [0.4, 0.5) is 22.0 Å². The molecule has 0 aliphatic rings. The average molecular weight is 175 g/mol.